The summed E-state index contributed by atoms with van der Waals surface area (Å²) in [5, 5.41) is 13.1. The molecule has 0 saturated carbocycles. The molecule has 0 saturated heterocycles. The van der Waals surface area contributed by atoms with E-state index in [9.17, 15) is 4.79 Å². The van der Waals surface area contributed by atoms with Crippen molar-refractivity contribution in [1.82, 2.24) is 0 Å². The molecule has 2 amide bonds. The van der Waals surface area contributed by atoms with E-state index in [4.69, 9.17) is 16.2 Å². The Morgan fingerprint density at radius 2 is 1.53 bits per heavy atom. The van der Waals surface area contributed by atoms with E-state index >= 15 is 0 Å². The lowest BCUT2D eigenvalue weighted by Gasteiger charge is -2.10. The summed E-state index contributed by atoms with van der Waals surface area (Å²) in [6, 6.07) is 14.2. The fraction of sp³-hybridized carbons (Fsp3) is 0.318. The first-order valence-corrected chi connectivity index (χ1v) is 9.88. The minimum Gasteiger partial charge on any atom is -0.494 e. The molecule has 0 atom stereocenters. The lowest BCUT2D eigenvalue weighted by atomic mass is 10.1. The number of hydrogen-bond donors (Lipinski definition) is 4. The average molecular weight is 411 g/mol. The van der Waals surface area contributed by atoms with Crippen LogP contribution in [-0.4, -0.2) is 24.3 Å². The van der Waals surface area contributed by atoms with Crippen LogP contribution in [0.5, 0.6) is 5.75 Å². The Morgan fingerprint density at radius 1 is 0.967 bits per heavy atom. The van der Waals surface area contributed by atoms with Gasteiger partial charge >= 0.3 is 6.03 Å². The standard InChI is InChI=1S/C22H30N6O2/c1-15(2)5-4-14-30-20-12-10-19(11-13-20)26-22(29)25-18-8-6-17(7-9-18)16(3)27-28-21(23)24/h6-13,15H,4-5,14H2,1-3H3,(H4,23,24,28)(H2,25,26,29)/b27-16+. The van der Waals surface area contributed by atoms with Gasteiger partial charge < -0.3 is 26.8 Å². The van der Waals surface area contributed by atoms with E-state index in [0.717, 1.165) is 24.2 Å². The molecule has 0 spiro atoms. The number of rotatable bonds is 9. The molecule has 0 heterocycles. The predicted octanol–water partition coefficient (Wildman–Crippen LogP) is 4.14. The van der Waals surface area contributed by atoms with Crippen LogP contribution >= 0.6 is 0 Å². The molecule has 8 nitrogen and oxygen atoms in total. The smallest absolute Gasteiger partial charge is 0.323 e. The van der Waals surface area contributed by atoms with Gasteiger partial charge in [0.2, 0.25) is 5.96 Å². The molecule has 8 heteroatoms. The molecule has 0 aliphatic heterocycles. The van der Waals surface area contributed by atoms with Crippen molar-refractivity contribution in [2.24, 2.45) is 27.6 Å². The highest BCUT2D eigenvalue weighted by Crippen LogP contribution is 2.17. The zero-order valence-electron chi connectivity index (χ0n) is 17.7. The lowest BCUT2D eigenvalue weighted by molar-refractivity contribution is 0.262. The lowest BCUT2D eigenvalue weighted by Crippen LogP contribution is -2.22. The SMILES string of the molecule is C/C(=N\N=C(N)N)c1ccc(NC(=O)Nc2ccc(OCCCC(C)C)cc2)cc1. The Morgan fingerprint density at radius 3 is 2.07 bits per heavy atom. The van der Waals surface area contributed by atoms with E-state index in [1.807, 2.05) is 36.4 Å². The van der Waals surface area contributed by atoms with Gasteiger partial charge in [-0.1, -0.05) is 26.0 Å². The van der Waals surface area contributed by atoms with Crippen molar-refractivity contribution in [2.75, 3.05) is 17.2 Å². The van der Waals surface area contributed by atoms with Crippen LogP contribution in [0.3, 0.4) is 0 Å². The molecule has 30 heavy (non-hydrogen) atoms. The Hall–Kier alpha value is -3.55. The maximum Gasteiger partial charge on any atom is 0.323 e. The Labute approximate surface area is 177 Å². The van der Waals surface area contributed by atoms with Crippen molar-refractivity contribution in [2.45, 2.75) is 33.6 Å². The number of nitrogens with two attached hydrogens (primary N) is 2. The number of anilines is 2. The highest BCUT2D eigenvalue weighted by Gasteiger charge is 2.05. The maximum absolute atomic E-state index is 12.2. The molecule has 2 rings (SSSR count). The Kier molecular flexibility index (Phi) is 8.68. The summed E-state index contributed by atoms with van der Waals surface area (Å²) in [4.78, 5) is 12.2. The number of nitrogens with zero attached hydrogens (tertiary/aromatic N) is 2. The molecule has 0 aliphatic rings. The van der Waals surface area contributed by atoms with E-state index in [1.54, 1.807) is 19.1 Å². The molecular weight excluding hydrogens is 380 g/mol. The topological polar surface area (TPSA) is 127 Å². The molecule has 0 unspecified atom stereocenters. The number of guanidine groups is 1. The van der Waals surface area contributed by atoms with Gasteiger partial charge in [-0.2, -0.15) is 5.10 Å². The number of carbonyl (C=O) groups excluding carboxylic acids is 1. The summed E-state index contributed by atoms with van der Waals surface area (Å²) >= 11 is 0. The van der Waals surface area contributed by atoms with Gasteiger partial charge in [0.15, 0.2) is 0 Å². The molecule has 0 radical (unpaired) electrons. The van der Waals surface area contributed by atoms with Crippen LogP contribution in [0.4, 0.5) is 16.2 Å². The minimum absolute atomic E-state index is 0.102. The van der Waals surface area contributed by atoms with Crippen molar-refractivity contribution in [3.05, 3.63) is 54.1 Å². The number of carbonyl (C=O) groups is 1. The summed E-state index contributed by atoms with van der Waals surface area (Å²) in [6.07, 6.45) is 2.17. The monoisotopic (exact) mass is 410 g/mol. The Bertz CT molecular complexity index is 870. The Balaban J connectivity index is 1.84. The highest BCUT2D eigenvalue weighted by molar-refractivity contribution is 6.01. The minimum atomic E-state index is -0.334. The zero-order chi connectivity index (χ0) is 21.9. The number of hydrogen-bond acceptors (Lipinski definition) is 4. The van der Waals surface area contributed by atoms with E-state index in [-0.39, 0.29) is 12.0 Å². The third kappa shape index (κ3) is 8.22. The fourth-order valence-corrected chi connectivity index (χ4v) is 2.59. The van der Waals surface area contributed by atoms with Crippen LogP contribution in [0.1, 0.15) is 39.2 Å². The van der Waals surface area contributed by atoms with E-state index in [2.05, 4.69) is 34.7 Å². The first-order chi connectivity index (χ1) is 14.3. The number of amides is 2. The number of nitrogens with one attached hydrogen (secondary N) is 2. The van der Waals surface area contributed by atoms with Gasteiger partial charge in [0, 0.05) is 11.4 Å². The van der Waals surface area contributed by atoms with Gasteiger partial charge in [0.1, 0.15) is 5.75 Å². The fourth-order valence-electron chi connectivity index (χ4n) is 2.59. The van der Waals surface area contributed by atoms with Gasteiger partial charge in [-0.3, -0.25) is 0 Å². The van der Waals surface area contributed by atoms with Gasteiger partial charge in [0.25, 0.3) is 0 Å². The molecule has 0 aromatic heterocycles. The summed E-state index contributed by atoms with van der Waals surface area (Å²) in [5.41, 5.74) is 13.4. The van der Waals surface area contributed by atoms with E-state index < -0.39 is 0 Å². The number of ether oxygens (including phenoxy) is 1. The third-order valence-corrected chi connectivity index (χ3v) is 4.18. The largest absolute Gasteiger partial charge is 0.494 e. The molecular formula is C22H30N6O2. The third-order valence-electron chi connectivity index (χ3n) is 4.18. The molecule has 160 valence electrons. The quantitative estimate of drug-likeness (QED) is 0.214. The zero-order valence-corrected chi connectivity index (χ0v) is 17.7. The molecule has 2 aromatic carbocycles. The number of benzene rings is 2. The highest BCUT2D eigenvalue weighted by atomic mass is 16.5. The molecule has 0 aliphatic carbocycles. The normalized spacial score (nSPS) is 11.1. The molecule has 2 aromatic rings. The van der Waals surface area contributed by atoms with Gasteiger partial charge in [-0.25, -0.2) is 4.79 Å². The summed E-state index contributed by atoms with van der Waals surface area (Å²) < 4.78 is 5.71. The van der Waals surface area contributed by atoms with Crippen molar-refractivity contribution < 1.29 is 9.53 Å². The van der Waals surface area contributed by atoms with Crippen LogP contribution in [0.15, 0.2) is 58.7 Å². The second kappa shape index (κ2) is 11.5. The molecule has 0 fully saturated rings. The molecule has 0 bridgehead atoms. The maximum atomic E-state index is 12.2. The van der Waals surface area contributed by atoms with Gasteiger partial charge in [-0.05, 0) is 67.6 Å². The van der Waals surface area contributed by atoms with Crippen molar-refractivity contribution in [3.63, 3.8) is 0 Å². The second-order valence-electron chi connectivity index (χ2n) is 7.28. The van der Waals surface area contributed by atoms with Crippen molar-refractivity contribution >= 4 is 29.1 Å². The van der Waals surface area contributed by atoms with Crippen LogP contribution in [0, 0.1) is 5.92 Å². The van der Waals surface area contributed by atoms with Crippen molar-refractivity contribution in [1.29, 1.82) is 0 Å². The van der Waals surface area contributed by atoms with E-state index in [0.29, 0.717) is 29.6 Å². The first-order valence-electron chi connectivity index (χ1n) is 9.88. The summed E-state index contributed by atoms with van der Waals surface area (Å²) in [6.45, 7) is 6.88. The van der Waals surface area contributed by atoms with E-state index in [1.165, 1.54) is 0 Å². The van der Waals surface area contributed by atoms with Crippen LogP contribution in [-0.2, 0) is 0 Å². The molecule has 6 N–H and O–H groups in total. The predicted molar refractivity (Wildman–Crippen MR) is 123 cm³/mol. The number of urea groups is 1. The van der Waals surface area contributed by atoms with Crippen LogP contribution in [0.2, 0.25) is 0 Å². The van der Waals surface area contributed by atoms with Gasteiger partial charge in [0.05, 0.1) is 12.3 Å². The first kappa shape index (κ1) is 22.7. The van der Waals surface area contributed by atoms with Crippen molar-refractivity contribution in [3.8, 4) is 5.75 Å². The summed E-state index contributed by atoms with van der Waals surface area (Å²) in [5.74, 6) is 1.37. The van der Waals surface area contributed by atoms with Gasteiger partial charge in [-0.15, -0.1) is 5.10 Å². The average Bonchev–Trinajstić information content (AvgIpc) is 2.71. The van der Waals surface area contributed by atoms with Crippen LogP contribution < -0.4 is 26.8 Å². The summed E-state index contributed by atoms with van der Waals surface area (Å²) in [7, 11) is 0. The van der Waals surface area contributed by atoms with Crippen LogP contribution in [0.25, 0.3) is 0 Å². The second-order valence-corrected chi connectivity index (χ2v) is 7.28.